The zero-order valence-corrected chi connectivity index (χ0v) is 20.8. The molecule has 178 valence electrons. The Hall–Kier alpha value is -2.62. The molecule has 34 heavy (non-hydrogen) atoms. The van der Waals surface area contributed by atoms with Crippen LogP contribution in [-0.4, -0.2) is 31.1 Å². The molecule has 0 aromatic heterocycles. The standard InChI is InChI=1S/C23H20Cl3N3O4S/c24-16-6-10-18(11-7-16)34(32,33)29(13-19-20(25)2-1-3-21(19)26)14-23(31)28-17-8-4-15(5-9-17)12-22(27)30/h1-11H,12-14H2,(H2,27,30)(H,28,31). The number of carbonyl (C=O) groups excluding carboxylic acids is 2. The van der Waals surface area contributed by atoms with Gasteiger partial charge < -0.3 is 11.1 Å². The van der Waals surface area contributed by atoms with Gasteiger partial charge in [-0.3, -0.25) is 9.59 Å². The first-order valence-electron chi connectivity index (χ1n) is 9.92. The van der Waals surface area contributed by atoms with Crippen molar-refractivity contribution in [3.8, 4) is 0 Å². The van der Waals surface area contributed by atoms with Crippen molar-refractivity contribution in [2.45, 2.75) is 17.9 Å². The van der Waals surface area contributed by atoms with Crippen LogP contribution in [0.3, 0.4) is 0 Å². The third-order valence-corrected chi connectivity index (χ3v) is 7.55. The van der Waals surface area contributed by atoms with Crippen LogP contribution in [0.25, 0.3) is 0 Å². The van der Waals surface area contributed by atoms with Gasteiger partial charge in [0.25, 0.3) is 0 Å². The predicted octanol–water partition coefficient (Wildman–Crippen LogP) is 4.50. The predicted molar refractivity (Wildman–Crippen MR) is 133 cm³/mol. The van der Waals surface area contributed by atoms with Gasteiger partial charge in [0.1, 0.15) is 0 Å². The van der Waals surface area contributed by atoms with E-state index in [1.54, 1.807) is 42.5 Å². The van der Waals surface area contributed by atoms with E-state index in [4.69, 9.17) is 40.5 Å². The molecule has 3 aromatic rings. The lowest BCUT2D eigenvalue weighted by molar-refractivity contribution is -0.117. The van der Waals surface area contributed by atoms with Crippen LogP contribution in [0.4, 0.5) is 5.69 Å². The van der Waals surface area contributed by atoms with Gasteiger partial charge in [0.2, 0.25) is 21.8 Å². The lowest BCUT2D eigenvalue weighted by Crippen LogP contribution is -2.37. The minimum atomic E-state index is -4.11. The van der Waals surface area contributed by atoms with Crippen molar-refractivity contribution in [3.05, 3.63) is 92.9 Å². The van der Waals surface area contributed by atoms with Gasteiger partial charge in [-0.25, -0.2) is 8.42 Å². The first-order chi connectivity index (χ1) is 16.1. The van der Waals surface area contributed by atoms with Gasteiger partial charge in [-0.15, -0.1) is 0 Å². The Labute approximate surface area is 212 Å². The number of carbonyl (C=O) groups is 2. The molecular formula is C23H20Cl3N3O4S. The lowest BCUT2D eigenvalue weighted by Gasteiger charge is -2.23. The van der Waals surface area contributed by atoms with E-state index in [2.05, 4.69) is 5.32 Å². The zero-order chi connectivity index (χ0) is 24.9. The molecule has 3 rings (SSSR count). The molecule has 0 aliphatic heterocycles. The minimum absolute atomic E-state index is 0.0383. The van der Waals surface area contributed by atoms with Gasteiger partial charge in [-0.2, -0.15) is 4.31 Å². The topological polar surface area (TPSA) is 110 Å². The highest BCUT2D eigenvalue weighted by Gasteiger charge is 2.28. The minimum Gasteiger partial charge on any atom is -0.369 e. The first kappa shape index (κ1) is 26.0. The molecule has 0 heterocycles. The summed E-state index contributed by atoms with van der Waals surface area (Å²) in [6.07, 6.45) is 0.0694. The Morgan fingerprint density at radius 2 is 1.47 bits per heavy atom. The van der Waals surface area contributed by atoms with E-state index in [0.29, 0.717) is 21.8 Å². The fourth-order valence-corrected chi connectivity index (χ4v) is 5.12. The summed E-state index contributed by atoms with van der Waals surface area (Å²) in [5, 5.41) is 3.57. The van der Waals surface area contributed by atoms with Gasteiger partial charge in [-0.1, -0.05) is 53.0 Å². The molecule has 0 aliphatic rings. The lowest BCUT2D eigenvalue weighted by atomic mass is 10.1. The van der Waals surface area contributed by atoms with Crippen LogP contribution < -0.4 is 11.1 Å². The fourth-order valence-electron chi connectivity index (χ4n) is 3.11. The SMILES string of the molecule is NC(=O)Cc1ccc(NC(=O)CN(Cc2c(Cl)cccc2Cl)S(=O)(=O)c2ccc(Cl)cc2)cc1. The molecular weight excluding hydrogens is 521 g/mol. The summed E-state index contributed by atoms with van der Waals surface area (Å²) >= 11 is 18.4. The van der Waals surface area contributed by atoms with Crippen LogP contribution in [0, 0.1) is 0 Å². The Morgan fingerprint density at radius 1 is 0.882 bits per heavy atom. The molecule has 0 atom stereocenters. The molecule has 0 aliphatic carbocycles. The van der Waals surface area contributed by atoms with E-state index in [0.717, 1.165) is 4.31 Å². The number of amides is 2. The molecule has 0 unspecified atom stereocenters. The Balaban J connectivity index is 1.86. The smallest absolute Gasteiger partial charge is 0.243 e. The number of rotatable bonds is 9. The number of benzene rings is 3. The second-order valence-electron chi connectivity index (χ2n) is 7.32. The maximum absolute atomic E-state index is 13.4. The van der Waals surface area contributed by atoms with Crippen molar-refractivity contribution in [2.24, 2.45) is 5.73 Å². The highest BCUT2D eigenvalue weighted by molar-refractivity contribution is 7.89. The Kier molecular flexibility index (Phi) is 8.57. The van der Waals surface area contributed by atoms with Gasteiger partial charge in [0.05, 0.1) is 17.9 Å². The van der Waals surface area contributed by atoms with Crippen LogP contribution in [0.5, 0.6) is 0 Å². The molecule has 2 amide bonds. The average Bonchev–Trinajstić information content (AvgIpc) is 2.77. The third-order valence-electron chi connectivity index (χ3n) is 4.78. The van der Waals surface area contributed by atoms with Crippen LogP contribution in [0.2, 0.25) is 15.1 Å². The molecule has 0 bridgehead atoms. The second-order valence-corrected chi connectivity index (χ2v) is 10.5. The Morgan fingerprint density at radius 3 is 2.03 bits per heavy atom. The Bertz CT molecular complexity index is 1280. The molecule has 0 radical (unpaired) electrons. The number of anilines is 1. The number of primary amides is 1. The highest BCUT2D eigenvalue weighted by atomic mass is 35.5. The summed E-state index contributed by atoms with van der Waals surface area (Å²) in [5.41, 5.74) is 6.66. The van der Waals surface area contributed by atoms with Crippen LogP contribution in [0.1, 0.15) is 11.1 Å². The molecule has 3 aromatic carbocycles. The number of nitrogens with two attached hydrogens (primary N) is 1. The normalized spacial score (nSPS) is 11.4. The maximum atomic E-state index is 13.4. The first-order valence-corrected chi connectivity index (χ1v) is 12.5. The molecule has 3 N–H and O–H groups in total. The van der Waals surface area contributed by atoms with Crippen molar-refractivity contribution in [1.29, 1.82) is 0 Å². The summed E-state index contributed by atoms with van der Waals surface area (Å²) in [7, 11) is -4.11. The molecule has 0 saturated heterocycles. The van der Waals surface area contributed by atoms with Crippen molar-refractivity contribution in [1.82, 2.24) is 4.31 Å². The molecule has 0 saturated carbocycles. The van der Waals surface area contributed by atoms with Crippen molar-refractivity contribution in [3.63, 3.8) is 0 Å². The summed E-state index contributed by atoms with van der Waals surface area (Å²) in [4.78, 5) is 23.8. The number of sulfonamides is 1. The molecule has 7 nitrogen and oxygen atoms in total. The number of nitrogens with zero attached hydrogens (tertiary/aromatic N) is 1. The summed E-state index contributed by atoms with van der Waals surface area (Å²) in [5.74, 6) is -1.05. The van der Waals surface area contributed by atoms with Gasteiger partial charge >= 0.3 is 0 Å². The number of halogens is 3. The zero-order valence-electron chi connectivity index (χ0n) is 17.7. The second kappa shape index (κ2) is 11.2. The summed E-state index contributed by atoms with van der Waals surface area (Å²) < 4.78 is 27.7. The van der Waals surface area contributed by atoms with E-state index < -0.39 is 28.4 Å². The maximum Gasteiger partial charge on any atom is 0.243 e. The number of nitrogens with one attached hydrogen (secondary N) is 1. The van der Waals surface area contributed by atoms with E-state index in [1.165, 1.54) is 24.3 Å². The molecule has 0 spiro atoms. The van der Waals surface area contributed by atoms with E-state index in [-0.39, 0.29) is 27.9 Å². The van der Waals surface area contributed by atoms with Crippen LogP contribution in [0.15, 0.2) is 71.6 Å². The van der Waals surface area contributed by atoms with Crippen molar-refractivity contribution in [2.75, 3.05) is 11.9 Å². The molecule has 0 fully saturated rings. The largest absolute Gasteiger partial charge is 0.369 e. The summed E-state index contributed by atoms with van der Waals surface area (Å²) in [6, 6.07) is 16.9. The molecule has 11 heteroatoms. The third kappa shape index (κ3) is 6.71. The fraction of sp³-hybridized carbons (Fsp3) is 0.130. The number of hydrogen-bond acceptors (Lipinski definition) is 4. The van der Waals surface area contributed by atoms with Crippen molar-refractivity contribution >= 4 is 62.3 Å². The van der Waals surface area contributed by atoms with Crippen LogP contribution in [-0.2, 0) is 32.6 Å². The summed E-state index contributed by atoms with van der Waals surface area (Å²) in [6.45, 7) is -0.732. The quantitative estimate of drug-likeness (QED) is 0.416. The number of hydrogen-bond donors (Lipinski definition) is 2. The van der Waals surface area contributed by atoms with E-state index >= 15 is 0 Å². The van der Waals surface area contributed by atoms with Gasteiger partial charge in [-0.05, 0) is 54.1 Å². The average molecular weight is 541 g/mol. The monoisotopic (exact) mass is 539 g/mol. The van der Waals surface area contributed by atoms with Crippen LogP contribution >= 0.6 is 34.8 Å². The highest BCUT2D eigenvalue weighted by Crippen LogP contribution is 2.28. The van der Waals surface area contributed by atoms with E-state index in [9.17, 15) is 18.0 Å². The van der Waals surface area contributed by atoms with E-state index in [1.807, 2.05) is 0 Å². The van der Waals surface area contributed by atoms with Gasteiger partial charge in [0.15, 0.2) is 0 Å². The van der Waals surface area contributed by atoms with Gasteiger partial charge in [0, 0.05) is 32.9 Å². The van der Waals surface area contributed by atoms with Crippen molar-refractivity contribution < 1.29 is 18.0 Å².